The lowest BCUT2D eigenvalue weighted by Gasteiger charge is -2.28. The van der Waals surface area contributed by atoms with Gasteiger partial charge < -0.3 is 5.32 Å². The normalized spacial score (nSPS) is 25.1. The molecule has 1 aromatic carbocycles. The quantitative estimate of drug-likeness (QED) is 0.698. The summed E-state index contributed by atoms with van der Waals surface area (Å²) < 4.78 is 0. The maximum Gasteiger partial charge on any atom is 0.147 e. The Morgan fingerprint density at radius 1 is 1.38 bits per heavy atom. The Morgan fingerprint density at radius 2 is 2.15 bits per heavy atom. The standard InChI is InChI=1S/C10H13N3/c1-3-10(2)11-8-6-4-5-7-9(8)12-13-10/h4-7,11H,3H2,1-2H3. The molecule has 1 heterocycles. The summed E-state index contributed by atoms with van der Waals surface area (Å²) in [5.41, 5.74) is 1.77. The maximum absolute atomic E-state index is 4.24. The van der Waals surface area contributed by atoms with E-state index >= 15 is 0 Å². The molecule has 68 valence electrons. The summed E-state index contributed by atoms with van der Waals surface area (Å²) in [4.78, 5) is 0. The summed E-state index contributed by atoms with van der Waals surface area (Å²) in [5.74, 6) is 0. The minimum atomic E-state index is -0.228. The van der Waals surface area contributed by atoms with Crippen molar-refractivity contribution in [1.82, 2.24) is 0 Å². The molecule has 0 spiro atoms. The van der Waals surface area contributed by atoms with Gasteiger partial charge in [0.1, 0.15) is 11.4 Å². The van der Waals surface area contributed by atoms with E-state index in [1.807, 2.05) is 31.2 Å². The van der Waals surface area contributed by atoms with Gasteiger partial charge in [-0.2, -0.15) is 10.2 Å². The van der Waals surface area contributed by atoms with Gasteiger partial charge in [-0.05, 0) is 25.5 Å². The van der Waals surface area contributed by atoms with Crippen LogP contribution in [-0.4, -0.2) is 5.66 Å². The van der Waals surface area contributed by atoms with Gasteiger partial charge in [-0.25, -0.2) is 0 Å². The Balaban J connectivity index is 2.39. The maximum atomic E-state index is 4.24. The molecule has 0 aliphatic carbocycles. The first-order valence-corrected chi connectivity index (χ1v) is 4.54. The van der Waals surface area contributed by atoms with Crippen molar-refractivity contribution in [1.29, 1.82) is 0 Å². The number of benzene rings is 1. The third kappa shape index (κ3) is 1.41. The number of hydrogen-bond acceptors (Lipinski definition) is 3. The second kappa shape index (κ2) is 2.83. The van der Waals surface area contributed by atoms with Gasteiger partial charge in [0, 0.05) is 0 Å². The molecule has 1 N–H and O–H groups in total. The van der Waals surface area contributed by atoms with E-state index in [2.05, 4.69) is 22.5 Å². The highest BCUT2D eigenvalue weighted by Gasteiger charge is 2.24. The minimum absolute atomic E-state index is 0.228. The van der Waals surface area contributed by atoms with Crippen LogP contribution in [-0.2, 0) is 0 Å². The van der Waals surface area contributed by atoms with Crippen molar-refractivity contribution in [3.05, 3.63) is 24.3 Å². The molecule has 0 radical (unpaired) electrons. The number of nitrogens with one attached hydrogen (secondary N) is 1. The zero-order valence-electron chi connectivity index (χ0n) is 7.91. The van der Waals surface area contributed by atoms with Crippen molar-refractivity contribution < 1.29 is 0 Å². The van der Waals surface area contributed by atoms with Crippen LogP contribution < -0.4 is 5.32 Å². The summed E-state index contributed by atoms with van der Waals surface area (Å²) >= 11 is 0. The predicted octanol–water partition coefficient (Wildman–Crippen LogP) is 3.32. The lowest BCUT2D eigenvalue weighted by atomic mass is 10.1. The molecule has 3 heteroatoms. The summed E-state index contributed by atoms with van der Waals surface area (Å²) in [5, 5.41) is 11.8. The van der Waals surface area contributed by atoms with Gasteiger partial charge in [0.2, 0.25) is 0 Å². The number of para-hydroxylation sites is 1. The average Bonchev–Trinajstić information content (AvgIpc) is 2.18. The van der Waals surface area contributed by atoms with Crippen molar-refractivity contribution in [3.63, 3.8) is 0 Å². The van der Waals surface area contributed by atoms with E-state index in [1.54, 1.807) is 0 Å². The molecule has 1 aromatic rings. The van der Waals surface area contributed by atoms with Gasteiger partial charge in [-0.1, -0.05) is 19.1 Å². The fourth-order valence-electron chi connectivity index (χ4n) is 1.30. The Labute approximate surface area is 77.9 Å². The molecule has 0 saturated carbocycles. The van der Waals surface area contributed by atoms with Gasteiger partial charge >= 0.3 is 0 Å². The van der Waals surface area contributed by atoms with E-state index in [0.29, 0.717) is 0 Å². The topological polar surface area (TPSA) is 36.8 Å². The minimum Gasteiger partial charge on any atom is -0.358 e. The highest BCUT2D eigenvalue weighted by atomic mass is 15.3. The van der Waals surface area contributed by atoms with E-state index in [1.165, 1.54) is 0 Å². The largest absolute Gasteiger partial charge is 0.358 e. The lowest BCUT2D eigenvalue weighted by molar-refractivity contribution is 0.489. The molecule has 0 fully saturated rings. The van der Waals surface area contributed by atoms with E-state index in [0.717, 1.165) is 17.8 Å². The molecule has 0 amide bonds. The lowest BCUT2D eigenvalue weighted by Crippen LogP contribution is -2.32. The molecule has 0 bridgehead atoms. The Morgan fingerprint density at radius 3 is 2.92 bits per heavy atom. The number of anilines is 1. The van der Waals surface area contributed by atoms with Gasteiger partial charge in [0.25, 0.3) is 0 Å². The number of fused-ring (bicyclic) bond motifs is 1. The SMILES string of the molecule is CCC1(C)N=Nc2ccccc2N1. The fraction of sp³-hybridized carbons (Fsp3) is 0.400. The summed E-state index contributed by atoms with van der Waals surface area (Å²) in [6.45, 7) is 4.15. The summed E-state index contributed by atoms with van der Waals surface area (Å²) in [6.07, 6.45) is 0.935. The van der Waals surface area contributed by atoms with Crippen molar-refractivity contribution in [2.24, 2.45) is 10.2 Å². The Kier molecular flexibility index (Phi) is 1.79. The van der Waals surface area contributed by atoms with Crippen LogP contribution in [0.15, 0.2) is 34.5 Å². The van der Waals surface area contributed by atoms with E-state index in [9.17, 15) is 0 Å². The zero-order valence-corrected chi connectivity index (χ0v) is 7.91. The highest BCUT2D eigenvalue weighted by molar-refractivity contribution is 5.66. The van der Waals surface area contributed by atoms with Crippen molar-refractivity contribution in [3.8, 4) is 0 Å². The third-order valence-corrected chi connectivity index (χ3v) is 2.37. The summed E-state index contributed by atoms with van der Waals surface area (Å²) in [7, 11) is 0. The second-order valence-corrected chi connectivity index (χ2v) is 3.47. The molecule has 0 aromatic heterocycles. The molecule has 0 saturated heterocycles. The van der Waals surface area contributed by atoms with Crippen LogP contribution in [0, 0.1) is 0 Å². The van der Waals surface area contributed by atoms with Crippen molar-refractivity contribution in [2.45, 2.75) is 25.9 Å². The van der Waals surface area contributed by atoms with E-state index < -0.39 is 0 Å². The number of hydrogen-bond donors (Lipinski definition) is 1. The molecule has 1 atom stereocenters. The van der Waals surface area contributed by atoms with E-state index in [4.69, 9.17) is 0 Å². The smallest absolute Gasteiger partial charge is 0.147 e. The first-order valence-electron chi connectivity index (χ1n) is 4.54. The van der Waals surface area contributed by atoms with Crippen molar-refractivity contribution in [2.75, 3.05) is 5.32 Å². The van der Waals surface area contributed by atoms with Gasteiger partial charge in [-0.15, -0.1) is 0 Å². The fourth-order valence-corrected chi connectivity index (χ4v) is 1.30. The second-order valence-electron chi connectivity index (χ2n) is 3.47. The van der Waals surface area contributed by atoms with Crippen LogP contribution >= 0.6 is 0 Å². The number of azo groups is 1. The summed E-state index contributed by atoms with van der Waals surface area (Å²) in [6, 6.07) is 7.96. The molecule has 3 nitrogen and oxygen atoms in total. The van der Waals surface area contributed by atoms with Gasteiger partial charge in [0.15, 0.2) is 0 Å². The van der Waals surface area contributed by atoms with Gasteiger partial charge in [-0.3, -0.25) is 0 Å². The van der Waals surface area contributed by atoms with Crippen LogP contribution in [0.3, 0.4) is 0 Å². The molecule has 13 heavy (non-hydrogen) atoms. The molecule has 1 unspecified atom stereocenters. The van der Waals surface area contributed by atoms with E-state index in [-0.39, 0.29) is 5.66 Å². The third-order valence-electron chi connectivity index (χ3n) is 2.37. The Bertz CT molecular complexity index is 346. The first kappa shape index (κ1) is 8.23. The zero-order chi connectivity index (χ0) is 9.31. The van der Waals surface area contributed by atoms with Crippen LogP contribution in [0.2, 0.25) is 0 Å². The van der Waals surface area contributed by atoms with Crippen LogP contribution in [0.25, 0.3) is 0 Å². The van der Waals surface area contributed by atoms with Crippen LogP contribution in [0.5, 0.6) is 0 Å². The molecular weight excluding hydrogens is 162 g/mol. The molecule has 1 aliphatic heterocycles. The van der Waals surface area contributed by atoms with Crippen LogP contribution in [0.1, 0.15) is 20.3 Å². The monoisotopic (exact) mass is 175 g/mol. The first-order chi connectivity index (χ1) is 6.23. The number of nitrogens with zero attached hydrogens (tertiary/aromatic N) is 2. The Hall–Kier alpha value is -1.38. The molecule has 1 aliphatic rings. The van der Waals surface area contributed by atoms with Crippen molar-refractivity contribution >= 4 is 11.4 Å². The molecular formula is C10H13N3. The highest BCUT2D eigenvalue weighted by Crippen LogP contribution is 2.34. The predicted molar refractivity (Wildman–Crippen MR) is 53.3 cm³/mol. The molecule has 2 rings (SSSR count). The van der Waals surface area contributed by atoms with Gasteiger partial charge in [0.05, 0.1) is 5.69 Å². The van der Waals surface area contributed by atoms with Crippen LogP contribution in [0.4, 0.5) is 11.4 Å². The number of rotatable bonds is 1. The average molecular weight is 175 g/mol.